The molecule has 1 aromatic rings. The first-order valence-electron chi connectivity index (χ1n) is 6.42. The Bertz CT molecular complexity index is 494. The first-order chi connectivity index (χ1) is 9.09. The Kier molecular flexibility index (Phi) is 5.67. The number of rotatable bonds is 0. The molecule has 0 N–H and O–H groups in total. The molecule has 1 fully saturated rings. The molecular formula is C14H16BrI2NO. The molecule has 1 aromatic heterocycles. The van der Waals surface area contributed by atoms with Crippen molar-refractivity contribution in [2.24, 2.45) is 23.7 Å². The number of halogens is 3. The van der Waals surface area contributed by atoms with Crippen LogP contribution in [0.4, 0.5) is 0 Å². The van der Waals surface area contributed by atoms with Crippen LogP contribution in [0.3, 0.4) is 0 Å². The molecule has 4 atom stereocenters. The standard InChI is InChI=1S/C14H16BrNO.I2/c1-7-8(2)12-11(7)4-3-9-5-10(15)6-16-13(9)14(12)17;1-2/h5-8,11-12H,3-4H2,1-2H3;. The Labute approximate surface area is 146 Å². The molecule has 2 aliphatic carbocycles. The van der Waals surface area contributed by atoms with Gasteiger partial charge in [-0.1, -0.05) is 13.8 Å². The van der Waals surface area contributed by atoms with E-state index < -0.39 is 0 Å². The summed E-state index contributed by atoms with van der Waals surface area (Å²) < 4.78 is 0.972. The maximum atomic E-state index is 12.5. The summed E-state index contributed by atoms with van der Waals surface area (Å²) in [6.45, 7) is 4.48. The molecule has 0 amide bonds. The van der Waals surface area contributed by atoms with Gasteiger partial charge >= 0.3 is 0 Å². The Morgan fingerprint density at radius 2 is 2.00 bits per heavy atom. The second-order valence-electron chi connectivity index (χ2n) is 5.47. The fourth-order valence-corrected chi connectivity index (χ4v) is 3.92. The maximum Gasteiger partial charge on any atom is 0.185 e. The van der Waals surface area contributed by atoms with Crippen LogP contribution >= 0.6 is 53.2 Å². The zero-order valence-electron chi connectivity index (χ0n) is 10.9. The molecule has 2 aliphatic rings. The Balaban J connectivity index is 0.000000637. The van der Waals surface area contributed by atoms with Crippen LogP contribution in [0, 0.1) is 23.7 Å². The van der Waals surface area contributed by atoms with Gasteiger partial charge in [-0.25, -0.2) is 0 Å². The summed E-state index contributed by atoms with van der Waals surface area (Å²) in [5, 5.41) is 0. The number of fused-ring (bicyclic) bond motifs is 2. The number of hydrogen-bond donors (Lipinski definition) is 0. The van der Waals surface area contributed by atoms with Gasteiger partial charge in [-0.3, -0.25) is 9.78 Å². The summed E-state index contributed by atoms with van der Waals surface area (Å²) in [7, 11) is 0. The van der Waals surface area contributed by atoms with Gasteiger partial charge in [0.15, 0.2) is 5.78 Å². The number of carbonyl (C=O) groups excluding carboxylic acids is 1. The van der Waals surface area contributed by atoms with Gasteiger partial charge in [0.2, 0.25) is 0 Å². The van der Waals surface area contributed by atoms with Gasteiger partial charge < -0.3 is 0 Å². The minimum absolute atomic E-state index is 0.222. The van der Waals surface area contributed by atoms with Crippen LogP contribution in [0.5, 0.6) is 0 Å². The summed E-state index contributed by atoms with van der Waals surface area (Å²) >= 11 is 7.67. The largest absolute Gasteiger partial charge is 0.292 e. The molecule has 5 heteroatoms. The minimum atomic E-state index is 0.222. The lowest BCUT2D eigenvalue weighted by molar-refractivity contribution is 0.00747. The van der Waals surface area contributed by atoms with Crippen LogP contribution in [0.25, 0.3) is 0 Å². The fraction of sp³-hybridized carbons (Fsp3) is 0.571. The average molecular weight is 548 g/mol. The van der Waals surface area contributed by atoms with Gasteiger partial charge in [-0.2, -0.15) is 0 Å². The maximum absolute atomic E-state index is 12.5. The lowest BCUT2D eigenvalue weighted by Gasteiger charge is -2.47. The number of aromatic nitrogens is 1. The molecular weight excluding hydrogens is 532 g/mol. The Hall–Kier alpha value is 0.760. The molecule has 0 bridgehead atoms. The van der Waals surface area contributed by atoms with Crippen LogP contribution in [-0.2, 0) is 6.42 Å². The van der Waals surface area contributed by atoms with E-state index in [9.17, 15) is 4.79 Å². The van der Waals surface area contributed by atoms with Gasteiger partial charge in [-0.15, -0.1) is 0 Å². The molecule has 0 radical (unpaired) electrons. The number of aryl methyl sites for hydroxylation is 1. The van der Waals surface area contributed by atoms with Crippen LogP contribution in [0.15, 0.2) is 16.7 Å². The third-order valence-corrected chi connectivity index (χ3v) is 5.18. The van der Waals surface area contributed by atoms with E-state index in [0.29, 0.717) is 17.8 Å². The molecule has 3 rings (SSSR count). The average Bonchev–Trinajstić information content (AvgIpc) is 2.55. The van der Waals surface area contributed by atoms with E-state index in [-0.39, 0.29) is 11.7 Å². The van der Waals surface area contributed by atoms with Crippen molar-refractivity contribution in [2.45, 2.75) is 26.7 Å². The summed E-state index contributed by atoms with van der Waals surface area (Å²) in [4.78, 5) is 16.8. The van der Waals surface area contributed by atoms with Crippen molar-refractivity contribution in [3.05, 3.63) is 28.0 Å². The lowest BCUT2D eigenvalue weighted by atomic mass is 9.56. The van der Waals surface area contributed by atoms with Crippen LogP contribution < -0.4 is 0 Å². The van der Waals surface area contributed by atoms with Crippen molar-refractivity contribution >= 4 is 58.9 Å². The molecule has 0 aromatic carbocycles. The number of ketones is 1. The van der Waals surface area contributed by atoms with E-state index in [4.69, 9.17) is 0 Å². The van der Waals surface area contributed by atoms with Crippen LogP contribution in [-0.4, -0.2) is 10.8 Å². The topological polar surface area (TPSA) is 30.0 Å². The van der Waals surface area contributed by atoms with Gasteiger partial charge in [0.05, 0.1) is 0 Å². The van der Waals surface area contributed by atoms with Crippen molar-refractivity contribution in [2.75, 3.05) is 0 Å². The highest BCUT2D eigenvalue weighted by Gasteiger charge is 2.50. The van der Waals surface area contributed by atoms with Crippen molar-refractivity contribution in [1.29, 1.82) is 0 Å². The van der Waals surface area contributed by atoms with Crippen molar-refractivity contribution in [3.8, 4) is 0 Å². The highest BCUT2D eigenvalue weighted by Crippen LogP contribution is 2.50. The smallest absolute Gasteiger partial charge is 0.185 e. The van der Waals surface area contributed by atoms with Gasteiger partial charge in [-0.05, 0) is 58.2 Å². The first kappa shape index (κ1) is 16.1. The Morgan fingerprint density at radius 3 is 2.68 bits per heavy atom. The second-order valence-corrected chi connectivity index (χ2v) is 6.39. The van der Waals surface area contributed by atoms with Crippen molar-refractivity contribution in [1.82, 2.24) is 4.98 Å². The predicted molar refractivity (Wildman–Crippen MR) is 97.9 cm³/mol. The van der Waals surface area contributed by atoms with Crippen LogP contribution in [0.1, 0.15) is 36.3 Å². The molecule has 1 heterocycles. The fourth-order valence-electron chi connectivity index (χ4n) is 3.54. The van der Waals surface area contributed by atoms with E-state index in [1.165, 1.54) is 0 Å². The molecule has 104 valence electrons. The molecule has 1 saturated carbocycles. The SMILES string of the molecule is CC1C(C)C2C(=O)c3ncc(Br)cc3CCC12.II. The molecule has 4 unspecified atom stereocenters. The van der Waals surface area contributed by atoms with E-state index in [1.807, 2.05) is 0 Å². The summed E-state index contributed by atoms with van der Waals surface area (Å²) in [6.07, 6.45) is 3.86. The van der Waals surface area contributed by atoms with E-state index in [2.05, 4.69) is 78.1 Å². The number of carbonyl (C=O) groups is 1. The molecule has 0 aliphatic heterocycles. The first-order valence-corrected chi connectivity index (χ1v) is 13.5. The quantitative estimate of drug-likeness (QED) is 0.415. The minimum Gasteiger partial charge on any atom is -0.292 e. The molecule has 2 nitrogen and oxygen atoms in total. The number of hydrogen-bond acceptors (Lipinski definition) is 2. The number of nitrogens with zero attached hydrogens (tertiary/aromatic N) is 1. The third kappa shape index (κ3) is 2.88. The van der Waals surface area contributed by atoms with Crippen LogP contribution in [0.2, 0.25) is 0 Å². The zero-order chi connectivity index (χ0) is 14.2. The molecule has 19 heavy (non-hydrogen) atoms. The summed E-state index contributed by atoms with van der Waals surface area (Å²) in [5.74, 6) is 2.27. The van der Waals surface area contributed by atoms with E-state index >= 15 is 0 Å². The van der Waals surface area contributed by atoms with Crippen molar-refractivity contribution in [3.63, 3.8) is 0 Å². The van der Waals surface area contributed by atoms with E-state index in [0.717, 1.165) is 28.6 Å². The highest BCUT2D eigenvalue weighted by atomic mass is 128. The predicted octanol–water partition coefficient (Wildman–Crippen LogP) is 5.26. The molecule has 0 saturated heterocycles. The Morgan fingerprint density at radius 1 is 1.32 bits per heavy atom. The van der Waals surface area contributed by atoms with Gasteiger partial charge in [0.1, 0.15) is 5.69 Å². The highest BCUT2D eigenvalue weighted by molar-refractivity contribution is 15.0. The van der Waals surface area contributed by atoms with Gasteiger partial charge in [0.25, 0.3) is 0 Å². The lowest BCUT2D eigenvalue weighted by Crippen LogP contribution is -2.47. The zero-order valence-corrected chi connectivity index (χ0v) is 16.8. The summed E-state index contributed by atoms with van der Waals surface area (Å²) in [6, 6.07) is 2.06. The third-order valence-electron chi connectivity index (χ3n) is 4.75. The number of Topliss-reactive ketones (excluding diaryl/α,β-unsaturated/α-hetero) is 1. The van der Waals surface area contributed by atoms with E-state index in [1.54, 1.807) is 6.20 Å². The molecule has 0 spiro atoms. The summed E-state index contributed by atoms with van der Waals surface area (Å²) in [5.41, 5.74) is 1.85. The number of pyridine rings is 1. The second kappa shape index (κ2) is 6.68. The normalized spacial score (nSPS) is 32.2. The van der Waals surface area contributed by atoms with Gasteiger partial charge in [0, 0.05) is 53.8 Å². The monoisotopic (exact) mass is 547 g/mol. The van der Waals surface area contributed by atoms with Crippen molar-refractivity contribution < 1.29 is 4.79 Å².